The predicted octanol–water partition coefficient (Wildman–Crippen LogP) is 4.09. The number of nitrogens with zero attached hydrogens (tertiary/aromatic N) is 2. The summed E-state index contributed by atoms with van der Waals surface area (Å²) in [6, 6.07) is 22.5. The summed E-state index contributed by atoms with van der Waals surface area (Å²) < 4.78 is 41.6. The van der Waals surface area contributed by atoms with E-state index in [1.165, 1.54) is 18.2 Å². The van der Waals surface area contributed by atoms with Crippen molar-refractivity contribution in [3.05, 3.63) is 95.8 Å². The Morgan fingerprint density at radius 3 is 2.19 bits per heavy atom. The average Bonchev–Trinajstić information content (AvgIpc) is 2.67. The van der Waals surface area contributed by atoms with Crippen LogP contribution in [0.5, 0.6) is 0 Å². The summed E-state index contributed by atoms with van der Waals surface area (Å²) in [6.07, 6.45) is 0. The van der Waals surface area contributed by atoms with Crippen LogP contribution in [0.1, 0.15) is 11.1 Å². The van der Waals surface area contributed by atoms with Gasteiger partial charge in [-0.25, -0.2) is 12.8 Å². The van der Waals surface area contributed by atoms with Crippen LogP contribution in [-0.2, 0) is 16.6 Å². The summed E-state index contributed by atoms with van der Waals surface area (Å²) >= 11 is 0. The van der Waals surface area contributed by atoms with Crippen molar-refractivity contribution < 1.29 is 12.8 Å². The van der Waals surface area contributed by atoms with Crippen molar-refractivity contribution >= 4 is 15.7 Å². The minimum Gasteiger partial charge on any atom is -0.262 e. The molecule has 0 radical (unpaired) electrons. The van der Waals surface area contributed by atoms with E-state index < -0.39 is 20.7 Å². The van der Waals surface area contributed by atoms with E-state index in [9.17, 15) is 18.1 Å². The smallest absolute Gasteiger partial charge is 0.262 e. The minimum atomic E-state index is -4.16. The molecule has 0 amide bonds. The van der Waals surface area contributed by atoms with Crippen molar-refractivity contribution in [2.75, 3.05) is 4.31 Å². The van der Waals surface area contributed by atoms with Crippen molar-refractivity contribution in [2.24, 2.45) is 0 Å². The maximum Gasteiger partial charge on any atom is 0.267 e. The highest BCUT2D eigenvalue weighted by Gasteiger charge is 2.28. The van der Waals surface area contributed by atoms with Gasteiger partial charge in [-0.1, -0.05) is 48.5 Å². The molecule has 3 rings (SSSR count). The Morgan fingerprint density at radius 2 is 1.50 bits per heavy atom. The lowest BCUT2D eigenvalue weighted by atomic mass is 10.1. The third kappa shape index (κ3) is 3.44. The van der Waals surface area contributed by atoms with Crippen LogP contribution in [0.3, 0.4) is 0 Å². The zero-order valence-corrected chi connectivity index (χ0v) is 14.5. The van der Waals surface area contributed by atoms with Gasteiger partial charge in [0.1, 0.15) is 10.7 Å². The van der Waals surface area contributed by atoms with Gasteiger partial charge in [0, 0.05) is 0 Å². The molecule has 0 atom stereocenters. The summed E-state index contributed by atoms with van der Waals surface area (Å²) in [4.78, 5) is -0.404. The van der Waals surface area contributed by atoms with E-state index in [1.807, 2.05) is 0 Å². The number of sulfonamides is 1. The first-order valence-electron chi connectivity index (χ1n) is 7.84. The van der Waals surface area contributed by atoms with Crippen molar-refractivity contribution in [1.82, 2.24) is 0 Å². The topological polar surface area (TPSA) is 61.2 Å². The number of rotatable bonds is 5. The molecular weight excluding hydrogens is 351 g/mol. The minimum absolute atomic E-state index is 0.0790. The molecule has 0 fully saturated rings. The first kappa shape index (κ1) is 17.6. The number of hydrogen-bond acceptors (Lipinski definition) is 3. The second kappa shape index (κ2) is 7.38. The van der Waals surface area contributed by atoms with Gasteiger partial charge in [-0.05, 0) is 35.9 Å². The molecule has 0 aliphatic carbocycles. The van der Waals surface area contributed by atoms with Gasteiger partial charge in [-0.2, -0.15) is 5.26 Å². The Morgan fingerprint density at radius 1 is 0.885 bits per heavy atom. The Bertz CT molecular complexity index is 1060. The standard InChI is InChI=1S/C20H15FN2O2S/c21-19-12-6-7-13-20(19)26(24,25)23(18-10-2-1-3-11-18)15-17-9-5-4-8-16(17)14-22/h1-13H,15H2. The molecule has 0 saturated carbocycles. The van der Waals surface area contributed by atoms with Gasteiger partial charge in [-0.3, -0.25) is 4.31 Å². The van der Waals surface area contributed by atoms with Gasteiger partial charge in [0.15, 0.2) is 0 Å². The lowest BCUT2D eigenvalue weighted by Crippen LogP contribution is -2.31. The molecule has 3 aromatic rings. The van der Waals surface area contributed by atoms with Gasteiger partial charge < -0.3 is 0 Å². The molecule has 6 heteroatoms. The molecule has 0 bridgehead atoms. The molecule has 4 nitrogen and oxygen atoms in total. The monoisotopic (exact) mass is 366 g/mol. The molecule has 0 heterocycles. The fourth-order valence-electron chi connectivity index (χ4n) is 2.60. The normalized spacial score (nSPS) is 10.9. The van der Waals surface area contributed by atoms with Crippen LogP contribution >= 0.6 is 0 Å². The Hall–Kier alpha value is -3.17. The second-order valence-electron chi connectivity index (χ2n) is 5.55. The molecule has 0 N–H and O–H groups in total. The highest BCUT2D eigenvalue weighted by molar-refractivity contribution is 7.92. The summed E-state index contributed by atoms with van der Waals surface area (Å²) in [5.74, 6) is -0.818. The number of anilines is 1. The van der Waals surface area contributed by atoms with Crippen LogP contribution in [0.15, 0.2) is 83.8 Å². The van der Waals surface area contributed by atoms with Gasteiger partial charge in [0.2, 0.25) is 0 Å². The predicted molar refractivity (Wildman–Crippen MR) is 97.4 cm³/mol. The van der Waals surface area contributed by atoms with E-state index in [0.29, 0.717) is 16.8 Å². The third-order valence-electron chi connectivity index (χ3n) is 3.90. The summed E-state index contributed by atoms with van der Waals surface area (Å²) in [5, 5.41) is 9.29. The van der Waals surface area contributed by atoms with Crippen molar-refractivity contribution in [3.63, 3.8) is 0 Å². The fraction of sp³-hybridized carbons (Fsp3) is 0.0500. The molecule has 0 spiro atoms. The van der Waals surface area contributed by atoms with Crippen molar-refractivity contribution in [2.45, 2.75) is 11.4 Å². The molecule has 0 unspecified atom stereocenters. The fourth-order valence-corrected chi connectivity index (χ4v) is 4.11. The summed E-state index contributed by atoms with van der Waals surface area (Å²) in [6.45, 7) is -0.0790. The van der Waals surface area contributed by atoms with E-state index in [1.54, 1.807) is 54.6 Å². The zero-order valence-electron chi connectivity index (χ0n) is 13.7. The lowest BCUT2D eigenvalue weighted by Gasteiger charge is -2.25. The molecule has 3 aromatic carbocycles. The maximum atomic E-state index is 14.2. The average molecular weight is 366 g/mol. The lowest BCUT2D eigenvalue weighted by molar-refractivity contribution is 0.563. The van der Waals surface area contributed by atoms with Gasteiger partial charge in [0.05, 0.1) is 23.9 Å². The van der Waals surface area contributed by atoms with E-state index in [4.69, 9.17) is 0 Å². The number of nitriles is 1. The SMILES string of the molecule is N#Cc1ccccc1CN(c1ccccc1)S(=O)(=O)c1ccccc1F. The Balaban J connectivity index is 2.14. The Labute approximate surface area is 151 Å². The highest BCUT2D eigenvalue weighted by atomic mass is 32.2. The number of halogens is 1. The molecule has 130 valence electrons. The van der Waals surface area contributed by atoms with Crippen LogP contribution in [0.2, 0.25) is 0 Å². The largest absolute Gasteiger partial charge is 0.267 e. The molecule has 0 aromatic heterocycles. The first-order valence-corrected chi connectivity index (χ1v) is 9.28. The van der Waals surface area contributed by atoms with Crippen molar-refractivity contribution in [1.29, 1.82) is 5.26 Å². The number of para-hydroxylation sites is 1. The zero-order chi connectivity index (χ0) is 18.6. The quantitative estimate of drug-likeness (QED) is 0.683. The van der Waals surface area contributed by atoms with Crippen molar-refractivity contribution in [3.8, 4) is 6.07 Å². The summed E-state index contributed by atoms with van der Waals surface area (Å²) in [5.41, 5.74) is 1.31. The van der Waals surface area contributed by atoms with Gasteiger partial charge in [-0.15, -0.1) is 0 Å². The van der Waals surface area contributed by atoms with E-state index in [2.05, 4.69) is 6.07 Å². The second-order valence-corrected chi connectivity index (χ2v) is 7.38. The maximum absolute atomic E-state index is 14.2. The van der Waals surface area contributed by atoms with E-state index >= 15 is 0 Å². The molecule has 0 aliphatic heterocycles. The molecule has 0 saturated heterocycles. The van der Waals surface area contributed by atoms with Crippen LogP contribution in [0.25, 0.3) is 0 Å². The van der Waals surface area contributed by atoms with Crippen LogP contribution in [0.4, 0.5) is 10.1 Å². The number of benzene rings is 3. The van der Waals surface area contributed by atoms with E-state index in [0.717, 1.165) is 10.4 Å². The Kier molecular flexibility index (Phi) is 5.01. The molecule has 0 aliphatic rings. The first-order chi connectivity index (χ1) is 12.5. The van der Waals surface area contributed by atoms with Crippen LogP contribution in [-0.4, -0.2) is 8.42 Å². The number of hydrogen-bond donors (Lipinski definition) is 0. The molecular formula is C20H15FN2O2S. The highest BCUT2D eigenvalue weighted by Crippen LogP contribution is 2.27. The van der Waals surface area contributed by atoms with Crippen LogP contribution < -0.4 is 4.31 Å². The van der Waals surface area contributed by atoms with Gasteiger partial charge in [0.25, 0.3) is 10.0 Å². The van der Waals surface area contributed by atoms with Gasteiger partial charge >= 0.3 is 0 Å². The summed E-state index contributed by atoms with van der Waals surface area (Å²) in [7, 11) is -4.16. The third-order valence-corrected chi connectivity index (χ3v) is 5.71. The molecule has 26 heavy (non-hydrogen) atoms. The van der Waals surface area contributed by atoms with E-state index in [-0.39, 0.29) is 6.54 Å². The van der Waals surface area contributed by atoms with Crippen LogP contribution in [0, 0.1) is 17.1 Å².